The molecule has 0 bridgehead atoms. The van der Waals surface area contributed by atoms with E-state index in [-0.39, 0.29) is 185 Å². The van der Waals surface area contributed by atoms with Gasteiger partial charge in [0.05, 0.1) is 85.3 Å². The lowest BCUT2D eigenvalue weighted by Crippen LogP contribution is -2.45. The quantitative estimate of drug-likeness (QED) is 0.0647. The first-order chi connectivity index (χ1) is 65.8. The summed E-state index contributed by atoms with van der Waals surface area (Å²) in [7, 11) is 25.2. The van der Waals surface area contributed by atoms with Gasteiger partial charge in [-0.15, -0.1) is 0 Å². The molecule has 12 amide bonds. The number of esters is 12. The normalized spacial score (nSPS) is 24.1. The third-order valence-electron chi connectivity index (χ3n) is 18.0. The van der Waals surface area contributed by atoms with E-state index in [1.165, 1.54) is 0 Å². The molecular formula is C78H120N12O36S12. The zero-order valence-corrected chi connectivity index (χ0v) is 87.5. The molecule has 0 aromatic heterocycles. The number of methoxy groups -OCH3 is 12. The molecule has 0 unspecified atom stereocenters. The molecule has 0 spiro atoms. The summed E-state index contributed by atoms with van der Waals surface area (Å²) in [5.41, 5.74) is 0. The van der Waals surface area contributed by atoms with Crippen LogP contribution in [0.5, 0.6) is 0 Å². The van der Waals surface area contributed by atoms with E-state index in [2.05, 4.69) is 63.8 Å². The van der Waals surface area contributed by atoms with Crippen LogP contribution in [0.3, 0.4) is 0 Å². The molecule has 48 nitrogen and oxygen atoms in total. The zero-order chi connectivity index (χ0) is 103. The number of hydrogen-bond donors (Lipinski definition) is 12. The Morgan fingerprint density at radius 1 is 0.152 bits per heavy atom. The van der Waals surface area contributed by atoms with E-state index in [1.807, 2.05) is 0 Å². The van der Waals surface area contributed by atoms with E-state index >= 15 is 0 Å². The van der Waals surface area contributed by atoms with E-state index in [4.69, 9.17) is 56.8 Å². The van der Waals surface area contributed by atoms with Crippen molar-refractivity contribution < 1.29 is 172 Å². The van der Waals surface area contributed by atoms with Crippen molar-refractivity contribution in [3.8, 4) is 0 Å². The molecular weight excluding hydrogens is 2070 g/mol. The third kappa shape index (κ3) is 56.8. The molecule has 12 atom stereocenters. The van der Waals surface area contributed by atoms with Gasteiger partial charge in [-0.05, 0) is 38.5 Å². The Morgan fingerprint density at radius 3 is 0.275 bits per heavy atom. The molecule has 12 N–H and O–H groups in total. The van der Waals surface area contributed by atoms with Gasteiger partial charge in [-0.3, -0.25) is 57.5 Å². The van der Waals surface area contributed by atoms with E-state index < -0.39 is 215 Å². The van der Waals surface area contributed by atoms with Gasteiger partial charge in [0.25, 0.3) is 0 Å². The van der Waals surface area contributed by atoms with Gasteiger partial charge in [0.1, 0.15) is 72.5 Å². The molecule has 0 aliphatic carbocycles. The van der Waals surface area contributed by atoms with Gasteiger partial charge in [0.2, 0.25) is 70.9 Å². The van der Waals surface area contributed by atoms with Gasteiger partial charge in [-0.25, -0.2) is 57.5 Å². The Bertz CT molecular complexity index is 3150. The fourth-order valence-electron chi connectivity index (χ4n) is 10.8. The van der Waals surface area contributed by atoms with Gasteiger partial charge in [0.15, 0.2) is 0 Å². The minimum Gasteiger partial charge on any atom is -0.467 e. The van der Waals surface area contributed by atoms with Crippen LogP contribution < -0.4 is 63.8 Å². The van der Waals surface area contributed by atoms with Gasteiger partial charge in [0, 0.05) is 146 Å². The fraction of sp³-hybridized carbons (Fsp3) is 0.692. The number of amides is 12. The maximum Gasteiger partial charge on any atom is 0.329 e. The standard InChI is InChI=1S/C78H120N12O36S12/c1-115-67(103)43-31-127-128-32-44(68(104)116-2)80-57(93)21-14-22-58(94)82-47(71(107)119-5)35-131-132-36-48(72(108)120-6)84-61(97)25-16-26-62(98)86-51(75(111)123-9)39-135-136-40-52(76(112)124-10)88-65(101)29-18-30-66(102)90-54(78(114)126-12)42-138-137-41-53(77(113)125-11)89-64(100)28-17-27-63(99)87-50(74(110)122-8)38-134-133-37-49(73(109)121-7)85-60(96)24-15-23-59(95)83-46(70(106)118-4)34-130-129-33-45(69(105)117-3)81-56(92)20-13-19-55(91)79-43/h43-54H,13-42H2,1-12H3,(H,79,91)(H,80,93)(H,81,92)(H,82,94)(H,83,95)(H,84,97)(H,85,96)(H,86,98)(H,87,99)(H,88,101)(H,89,100)(H,90,102)/t43-,44-,45-,46-,47-,48-,49-,50-,51-,52-,53-,54-/m0/s1. The largest absolute Gasteiger partial charge is 0.467 e. The first-order valence-electron chi connectivity index (χ1n) is 41.8. The molecule has 1 heterocycles. The Hall–Kier alpha value is -8.52. The Morgan fingerprint density at radius 2 is 0.217 bits per heavy atom. The van der Waals surface area contributed by atoms with Crippen LogP contribution in [0, 0.1) is 0 Å². The van der Waals surface area contributed by atoms with E-state index in [9.17, 15) is 115 Å². The van der Waals surface area contributed by atoms with Crippen molar-refractivity contribution in [1.82, 2.24) is 63.8 Å². The number of nitrogens with one attached hydrogen (secondary N) is 12. The van der Waals surface area contributed by atoms with E-state index in [0.29, 0.717) is 0 Å². The highest BCUT2D eigenvalue weighted by molar-refractivity contribution is 8.78. The van der Waals surface area contributed by atoms with Crippen molar-refractivity contribution in [2.24, 2.45) is 0 Å². The minimum atomic E-state index is -1.23. The summed E-state index contributed by atoms with van der Waals surface area (Å²) >= 11 is 0. The first-order valence-corrected chi connectivity index (χ1v) is 56.7. The molecule has 0 radical (unpaired) electrons. The summed E-state index contributed by atoms with van der Waals surface area (Å²) < 4.78 is 58.5. The summed E-state index contributed by atoms with van der Waals surface area (Å²) in [5.74, 6) is -19.5. The summed E-state index contributed by atoms with van der Waals surface area (Å²) in [5, 5.41) is 30.4. The zero-order valence-electron chi connectivity index (χ0n) is 77.7. The predicted molar refractivity (Wildman–Crippen MR) is 520 cm³/mol. The average Bonchev–Trinajstić information content (AvgIpc) is 0.910. The van der Waals surface area contributed by atoms with Gasteiger partial charge < -0.3 is 121 Å². The summed E-state index contributed by atoms with van der Waals surface area (Å²) in [4.78, 5) is 311. The molecule has 1 saturated heterocycles. The monoisotopic (exact) mass is 2180 g/mol. The molecule has 1 aliphatic heterocycles. The lowest BCUT2D eigenvalue weighted by Gasteiger charge is -2.19. The Balaban J connectivity index is 3.34. The number of ether oxygens (including phenoxy) is 12. The van der Waals surface area contributed by atoms with Gasteiger partial charge >= 0.3 is 71.6 Å². The molecule has 1 rings (SSSR count). The lowest BCUT2D eigenvalue weighted by molar-refractivity contribution is -0.145. The van der Waals surface area contributed by atoms with Gasteiger partial charge in [-0.1, -0.05) is 130 Å². The predicted octanol–water partition coefficient (Wildman–Crippen LogP) is -0.796. The third-order valence-corrected chi connectivity index (χ3v) is 32.5. The highest BCUT2D eigenvalue weighted by atomic mass is 33.1. The molecule has 0 saturated carbocycles. The van der Waals surface area contributed by atoms with Crippen LogP contribution in [0.15, 0.2) is 0 Å². The Labute approximate surface area is 844 Å². The Kier molecular flexibility index (Phi) is 70.4. The number of hydrogen-bond acceptors (Lipinski definition) is 48. The molecule has 138 heavy (non-hydrogen) atoms. The van der Waals surface area contributed by atoms with Crippen LogP contribution in [0.1, 0.15) is 116 Å². The van der Waals surface area contributed by atoms with E-state index in [1.54, 1.807) is 0 Å². The second-order valence-corrected chi connectivity index (χ2v) is 43.6. The maximum atomic E-state index is 13.1. The summed E-state index contributed by atoms with van der Waals surface area (Å²) in [6, 6.07) is -14.8. The van der Waals surface area contributed by atoms with Crippen molar-refractivity contribution in [3.05, 3.63) is 0 Å². The molecule has 0 aromatic rings. The minimum absolute atomic E-state index is 0.0701. The molecule has 60 heteroatoms. The topological polar surface area (TPSA) is 665 Å². The highest BCUT2D eigenvalue weighted by Gasteiger charge is 2.34. The van der Waals surface area contributed by atoms with Crippen molar-refractivity contribution in [1.29, 1.82) is 0 Å². The first kappa shape index (κ1) is 127. The van der Waals surface area contributed by atoms with Crippen LogP contribution in [0.25, 0.3) is 0 Å². The summed E-state index contributed by atoms with van der Waals surface area (Å²) in [6.07, 6.45) is -3.79. The highest BCUT2D eigenvalue weighted by Crippen LogP contribution is 2.30. The average molecular weight is 2190 g/mol. The number of carbonyl (C=O) groups excluding carboxylic acids is 24. The summed E-state index contributed by atoms with van der Waals surface area (Å²) in [6.45, 7) is 0. The van der Waals surface area contributed by atoms with Crippen molar-refractivity contribution in [2.45, 2.75) is 188 Å². The number of carbonyl (C=O) groups is 24. The van der Waals surface area contributed by atoms with Crippen LogP contribution >= 0.6 is 130 Å². The van der Waals surface area contributed by atoms with Crippen molar-refractivity contribution >= 4 is 272 Å². The molecule has 0 aromatic carbocycles. The lowest BCUT2D eigenvalue weighted by atomic mass is 10.2. The van der Waals surface area contributed by atoms with Crippen molar-refractivity contribution in [3.63, 3.8) is 0 Å². The smallest absolute Gasteiger partial charge is 0.329 e. The molecule has 780 valence electrons. The SMILES string of the molecule is COC(=O)[C@@H]1CSSC[C@@H](C(=O)OC)NC(=O)CCCC(=O)N[C@H](C(=O)OC)CSSC[C@@H](C(=O)OC)NC(=O)CCCC(=O)N[C@H](C(=O)OC)CSSC[C@@H](C(=O)OC)NC(=O)CCCC(=O)N[C@H](C(=O)OC)CSSC[C@@H](C(=O)OC)NC(=O)CCCC(=O)N[C@H](C(=O)OC)CSSC[C@@H](C(=O)OC)NC(=O)CCCC(=O)N[C@H](C(=O)OC)CSSC[C@@H](C(=O)OC)NC(=O)CCCC(=O)N1. The van der Waals surface area contributed by atoms with Crippen LogP contribution in [-0.2, 0) is 172 Å². The van der Waals surface area contributed by atoms with Crippen molar-refractivity contribution in [2.75, 3.05) is 154 Å². The molecule has 1 fully saturated rings. The van der Waals surface area contributed by atoms with Gasteiger partial charge in [-0.2, -0.15) is 0 Å². The second-order valence-electron chi connectivity index (χ2n) is 28.3. The van der Waals surface area contributed by atoms with Crippen LogP contribution in [-0.4, -0.2) is 369 Å². The number of rotatable bonds is 12. The van der Waals surface area contributed by atoms with E-state index in [0.717, 1.165) is 215 Å². The van der Waals surface area contributed by atoms with Crippen LogP contribution in [0.4, 0.5) is 0 Å². The molecule has 1 aliphatic rings. The van der Waals surface area contributed by atoms with Crippen LogP contribution in [0.2, 0.25) is 0 Å². The maximum absolute atomic E-state index is 13.1. The second kappa shape index (κ2) is 76.2. The fourth-order valence-corrected chi connectivity index (χ4v) is 24.6.